The van der Waals surface area contributed by atoms with E-state index in [1.807, 2.05) is 0 Å². The minimum atomic E-state index is 0.180. The van der Waals surface area contributed by atoms with E-state index in [0.29, 0.717) is 5.92 Å². The molecule has 0 aliphatic carbocycles. The van der Waals surface area contributed by atoms with Crippen molar-refractivity contribution in [2.75, 3.05) is 31.6 Å². The smallest absolute Gasteiger partial charge is 0.0646 e. The zero-order chi connectivity index (χ0) is 12.4. The normalized spacial score (nSPS) is 30.8. The lowest BCUT2D eigenvalue weighted by Gasteiger charge is -2.31. The predicted octanol–water partition coefficient (Wildman–Crippen LogP) is 2.35. The molecule has 0 aromatic heterocycles. The van der Waals surface area contributed by atoms with Gasteiger partial charge in [-0.25, -0.2) is 0 Å². The Morgan fingerprint density at radius 2 is 2.33 bits per heavy atom. The van der Waals surface area contributed by atoms with Crippen molar-refractivity contribution in [3.8, 4) is 0 Å². The van der Waals surface area contributed by atoms with Crippen molar-refractivity contribution < 1.29 is 4.74 Å². The summed E-state index contributed by atoms with van der Waals surface area (Å²) in [5.74, 6) is 0.625. The van der Waals surface area contributed by atoms with Gasteiger partial charge in [0.2, 0.25) is 0 Å². The Kier molecular flexibility index (Phi) is 3.27. The van der Waals surface area contributed by atoms with Crippen LogP contribution in [-0.4, -0.2) is 31.8 Å². The van der Waals surface area contributed by atoms with E-state index in [-0.39, 0.29) is 5.54 Å². The Bertz CT molecular complexity index is 413. The van der Waals surface area contributed by atoms with Crippen molar-refractivity contribution in [2.45, 2.75) is 31.2 Å². The lowest BCUT2D eigenvalue weighted by Crippen LogP contribution is -2.45. The maximum absolute atomic E-state index is 5.49. The summed E-state index contributed by atoms with van der Waals surface area (Å²) in [5, 5.41) is 7.19. The van der Waals surface area contributed by atoms with Crippen molar-refractivity contribution in [3.05, 3.63) is 29.8 Å². The number of anilines is 1. The molecule has 2 heterocycles. The Hall–Kier alpha value is -1.06. The van der Waals surface area contributed by atoms with Gasteiger partial charge in [0.05, 0.1) is 6.61 Å². The molecule has 1 saturated heterocycles. The lowest BCUT2D eigenvalue weighted by molar-refractivity contribution is 0.171. The van der Waals surface area contributed by atoms with Gasteiger partial charge < -0.3 is 15.4 Å². The van der Waals surface area contributed by atoms with Crippen LogP contribution in [0.1, 0.15) is 31.2 Å². The van der Waals surface area contributed by atoms with Crippen molar-refractivity contribution in [1.29, 1.82) is 0 Å². The van der Waals surface area contributed by atoms with Crippen LogP contribution in [0.3, 0.4) is 0 Å². The molecule has 0 bridgehead atoms. The third-order valence-electron chi connectivity index (χ3n) is 4.20. The van der Waals surface area contributed by atoms with Gasteiger partial charge in [0, 0.05) is 36.8 Å². The van der Waals surface area contributed by atoms with E-state index in [1.54, 1.807) is 0 Å². The summed E-state index contributed by atoms with van der Waals surface area (Å²) in [5.41, 5.74) is 2.95. The molecule has 2 N–H and O–H groups in total. The van der Waals surface area contributed by atoms with E-state index in [1.165, 1.54) is 17.7 Å². The Balaban J connectivity index is 1.67. The standard InChI is InChI=1S/C15H22N2O/c1-15(7-9-18-11-15)17-10-12-6-8-16-14-5-3-2-4-13(12)14/h2-5,12,16-17H,6-11H2,1H3. The number of rotatable bonds is 3. The molecule has 3 rings (SSSR count). The van der Waals surface area contributed by atoms with Crippen LogP contribution in [0.25, 0.3) is 0 Å². The molecule has 2 atom stereocenters. The second-order valence-electron chi connectivity index (χ2n) is 5.74. The number of ether oxygens (including phenoxy) is 1. The van der Waals surface area contributed by atoms with Gasteiger partial charge in [0.15, 0.2) is 0 Å². The second-order valence-corrected chi connectivity index (χ2v) is 5.74. The number of para-hydroxylation sites is 1. The van der Waals surface area contributed by atoms with Crippen LogP contribution in [-0.2, 0) is 4.74 Å². The van der Waals surface area contributed by atoms with Crippen LogP contribution in [0.5, 0.6) is 0 Å². The Labute approximate surface area is 109 Å². The van der Waals surface area contributed by atoms with E-state index in [9.17, 15) is 0 Å². The summed E-state index contributed by atoms with van der Waals surface area (Å²) in [7, 11) is 0. The van der Waals surface area contributed by atoms with Crippen molar-refractivity contribution in [2.24, 2.45) is 0 Å². The summed E-state index contributed by atoms with van der Waals surface area (Å²) in [6.45, 7) is 6.15. The molecule has 0 radical (unpaired) electrons. The average molecular weight is 246 g/mol. The minimum absolute atomic E-state index is 0.180. The minimum Gasteiger partial charge on any atom is -0.385 e. The molecule has 1 fully saturated rings. The number of benzene rings is 1. The fourth-order valence-electron chi connectivity index (χ4n) is 2.94. The van der Waals surface area contributed by atoms with Gasteiger partial charge >= 0.3 is 0 Å². The molecule has 2 unspecified atom stereocenters. The molecule has 0 spiro atoms. The van der Waals surface area contributed by atoms with Crippen LogP contribution in [0.15, 0.2) is 24.3 Å². The molecule has 3 nitrogen and oxygen atoms in total. The molecular formula is C15H22N2O. The topological polar surface area (TPSA) is 33.3 Å². The van der Waals surface area contributed by atoms with Gasteiger partial charge in [0.25, 0.3) is 0 Å². The number of hydrogen-bond donors (Lipinski definition) is 2. The first-order chi connectivity index (χ1) is 8.77. The number of fused-ring (bicyclic) bond motifs is 1. The molecule has 3 heteroatoms. The van der Waals surface area contributed by atoms with Crippen LogP contribution in [0, 0.1) is 0 Å². The van der Waals surface area contributed by atoms with Crippen molar-refractivity contribution in [3.63, 3.8) is 0 Å². The molecule has 1 aromatic rings. The maximum atomic E-state index is 5.49. The van der Waals surface area contributed by atoms with Crippen LogP contribution in [0.4, 0.5) is 5.69 Å². The van der Waals surface area contributed by atoms with Gasteiger partial charge in [-0.05, 0) is 31.4 Å². The second kappa shape index (κ2) is 4.90. The van der Waals surface area contributed by atoms with Gasteiger partial charge in [-0.15, -0.1) is 0 Å². The fourth-order valence-corrected chi connectivity index (χ4v) is 2.94. The third kappa shape index (κ3) is 2.38. The predicted molar refractivity (Wildman–Crippen MR) is 74.1 cm³/mol. The van der Waals surface area contributed by atoms with Gasteiger partial charge in [-0.1, -0.05) is 18.2 Å². The summed E-state index contributed by atoms with van der Waals surface area (Å²) in [6, 6.07) is 8.68. The van der Waals surface area contributed by atoms with Crippen LogP contribution < -0.4 is 10.6 Å². The molecule has 18 heavy (non-hydrogen) atoms. The molecule has 2 aliphatic heterocycles. The van der Waals surface area contributed by atoms with E-state index >= 15 is 0 Å². The van der Waals surface area contributed by atoms with E-state index in [2.05, 4.69) is 41.8 Å². The van der Waals surface area contributed by atoms with Crippen LogP contribution >= 0.6 is 0 Å². The average Bonchev–Trinajstić information content (AvgIpc) is 2.84. The van der Waals surface area contributed by atoms with Gasteiger partial charge in [-0.2, -0.15) is 0 Å². The molecular weight excluding hydrogens is 224 g/mol. The molecule has 1 aromatic carbocycles. The first kappa shape index (κ1) is 12.0. The quantitative estimate of drug-likeness (QED) is 0.859. The summed E-state index contributed by atoms with van der Waals surface area (Å²) in [6.07, 6.45) is 2.33. The summed E-state index contributed by atoms with van der Waals surface area (Å²) >= 11 is 0. The summed E-state index contributed by atoms with van der Waals surface area (Å²) in [4.78, 5) is 0. The molecule has 2 aliphatic rings. The van der Waals surface area contributed by atoms with Crippen molar-refractivity contribution in [1.82, 2.24) is 5.32 Å². The summed E-state index contributed by atoms with van der Waals surface area (Å²) < 4.78 is 5.49. The van der Waals surface area contributed by atoms with Gasteiger partial charge in [-0.3, -0.25) is 0 Å². The highest BCUT2D eigenvalue weighted by atomic mass is 16.5. The lowest BCUT2D eigenvalue weighted by atomic mass is 9.90. The largest absolute Gasteiger partial charge is 0.385 e. The maximum Gasteiger partial charge on any atom is 0.0646 e. The SMILES string of the molecule is CC1(NCC2CCNc3ccccc32)CCOC1. The molecule has 98 valence electrons. The molecule has 0 saturated carbocycles. The van der Waals surface area contributed by atoms with E-state index in [0.717, 1.165) is 32.7 Å². The number of nitrogens with one attached hydrogen (secondary N) is 2. The Morgan fingerprint density at radius 3 is 3.17 bits per heavy atom. The monoisotopic (exact) mass is 246 g/mol. The van der Waals surface area contributed by atoms with Gasteiger partial charge in [0.1, 0.15) is 0 Å². The van der Waals surface area contributed by atoms with E-state index < -0.39 is 0 Å². The highest BCUT2D eigenvalue weighted by molar-refractivity contribution is 5.54. The Morgan fingerprint density at radius 1 is 1.44 bits per heavy atom. The van der Waals surface area contributed by atoms with Crippen molar-refractivity contribution >= 4 is 5.69 Å². The fraction of sp³-hybridized carbons (Fsp3) is 0.600. The zero-order valence-electron chi connectivity index (χ0n) is 11.0. The molecule has 0 amide bonds. The van der Waals surface area contributed by atoms with Crippen LogP contribution in [0.2, 0.25) is 0 Å². The number of hydrogen-bond acceptors (Lipinski definition) is 3. The van der Waals surface area contributed by atoms with E-state index in [4.69, 9.17) is 4.74 Å². The highest BCUT2D eigenvalue weighted by Gasteiger charge is 2.30. The third-order valence-corrected chi connectivity index (χ3v) is 4.20. The first-order valence-corrected chi connectivity index (χ1v) is 6.92. The first-order valence-electron chi connectivity index (χ1n) is 6.92. The highest BCUT2D eigenvalue weighted by Crippen LogP contribution is 2.31. The zero-order valence-corrected chi connectivity index (χ0v) is 11.0.